The molecule has 3 rings (SSSR count). The van der Waals surface area contributed by atoms with Crippen molar-refractivity contribution < 1.29 is 9.90 Å². The molecule has 3 heteroatoms. The van der Waals surface area contributed by atoms with Crippen molar-refractivity contribution in [2.45, 2.75) is 30.9 Å². The molecule has 16 heavy (non-hydrogen) atoms. The summed E-state index contributed by atoms with van der Waals surface area (Å²) in [7, 11) is 0. The van der Waals surface area contributed by atoms with Crippen LogP contribution in [0.2, 0.25) is 0 Å². The van der Waals surface area contributed by atoms with Crippen molar-refractivity contribution in [1.82, 2.24) is 4.90 Å². The molecule has 0 aromatic heterocycles. The molecule has 0 radical (unpaired) electrons. The summed E-state index contributed by atoms with van der Waals surface area (Å²) in [5.74, 6) is -0.122. The number of fused-ring (bicyclic) bond motifs is 1. The maximum atomic E-state index is 12.0. The summed E-state index contributed by atoms with van der Waals surface area (Å²) in [5, 5.41) is 10.6. The summed E-state index contributed by atoms with van der Waals surface area (Å²) < 4.78 is 0. The van der Waals surface area contributed by atoms with E-state index in [1.165, 1.54) is 0 Å². The summed E-state index contributed by atoms with van der Waals surface area (Å²) in [5.41, 5.74) is -0.509. The third-order valence-corrected chi connectivity index (χ3v) is 3.79. The molecule has 0 bridgehead atoms. The summed E-state index contributed by atoms with van der Waals surface area (Å²) in [6.45, 7) is 0.804. The maximum absolute atomic E-state index is 12.0. The number of rotatable bonds is 1. The predicted molar refractivity (Wildman–Crippen MR) is 59.7 cm³/mol. The molecule has 2 fully saturated rings. The van der Waals surface area contributed by atoms with Gasteiger partial charge in [0.25, 0.3) is 5.91 Å². The van der Waals surface area contributed by atoms with Crippen molar-refractivity contribution >= 4 is 5.91 Å². The van der Waals surface area contributed by atoms with Crippen LogP contribution in [-0.2, 0) is 10.4 Å². The van der Waals surface area contributed by atoms with E-state index in [0.29, 0.717) is 0 Å². The number of piperidine rings is 1. The van der Waals surface area contributed by atoms with E-state index in [2.05, 4.69) is 0 Å². The van der Waals surface area contributed by atoms with Gasteiger partial charge in [-0.3, -0.25) is 4.79 Å². The highest BCUT2D eigenvalue weighted by Gasteiger charge is 2.60. The topological polar surface area (TPSA) is 40.5 Å². The lowest BCUT2D eigenvalue weighted by atomic mass is 9.72. The standard InChI is InChI=1S/C13H15NO2/c15-12-13(16,10-6-2-1-3-7-10)11-8-4-5-9-14(11)12/h1-3,6-7,11,16H,4-5,8-9H2/t11-,13-/m1/s1. The zero-order valence-electron chi connectivity index (χ0n) is 9.10. The molecule has 2 saturated heterocycles. The third kappa shape index (κ3) is 1.09. The SMILES string of the molecule is O=C1N2CCCC[C@@H]2[C@]1(O)c1ccccc1. The lowest BCUT2D eigenvalue weighted by Crippen LogP contribution is -2.72. The van der Waals surface area contributed by atoms with Crippen molar-refractivity contribution in [3.05, 3.63) is 35.9 Å². The second-order valence-corrected chi connectivity index (χ2v) is 4.64. The zero-order valence-corrected chi connectivity index (χ0v) is 9.10. The molecule has 2 aliphatic heterocycles. The smallest absolute Gasteiger partial charge is 0.261 e. The summed E-state index contributed by atoms with van der Waals surface area (Å²) in [4.78, 5) is 13.8. The Kier molecular flexibility index (Phi) is 2.04. The number of benzene rings is 1. The van der Waals surface area contributed by atoms with Gasteiger partial charge < -0.3 is 10.0 Å². The zero-order chi connectivity index (χ0) is 11.2. The number of amides is 1. The van der Waals surface area contributed by atoms with Gasteiger partial charge in [0.05, 0.1) is 6.04 Å². The quantitative estimate of drug-likeness (QED) is 0.720. The fraction of sp³-hybridized carbons (Fsp3) is 0.462. The molecular formula is C13H15NO2. The minimum atomic E-state index is -1.25. The van der Waals surface area contributed by atoms with Crippen LogP contribution in [0.3, 0.4) is 0 Å². The van der Waals surface area contributed by atoms with Crippen LogP contribution in [0.1, 0.15) is 24.8 Å². The van der Waals surface area contributed by atoms with Crippen molar-refractivity contribution in [1.29, 1.82) is 0 Å². The van der Waals surface area contributed by atoms with Crippen molar-refractivity contribution in [3.63, 3.8) is 0 Å². The second kappa shape index (κ2) is 3.32. The Bertz CT molecular complexity index is 417. The Balaban J connectivity index is 1.97. The minimum Gasteiger partial charge on any atom is -0.374 e. The van der Waals surface area contributed by atoms with Crippen LogP contribution in [0.5, 0.6) is 0 Å². The van der Waals surface area contributed by atoms with Crippen LogP contribution in [0.25, 0.3) is 0 Å². The molecule has 1 N–H and O–H groups in total. The normalized spacial score (nSPS) is 33.2. The Labute approximate surface area is 94.7 Å². The molecule has 1 amide bonds. The van der Waals surface area contributed by atoms with E-state index in [-0.39, 0.29) is 11.9 Å². The van der Waals surface area contributed by atoms with Gasteiger partial charge in [-0.25, -0.2) is 0 Å². The highest BCUT2D eigenvalue weighted by Crippen LogP contribution is 2.44. The molecule has 1 aromatic carbocycles. The van der Waals surface area contributed by atoms with E-state index in [1.807, 2.05) is 35.2 Å². The maximum Gasteiger partial charge on any atom is 0.261 e. The van der Waals surface area contributed by atoms with Crippen LogP contribution in [-0.4, -0.2) is 28.5 Å². The third-order valence-electron chi connectivity index (χ3n) is 3.79. The van der Waals surface area contributed by atoms with E-state index in [0.717, 1.165) is 31.4 Å². The van der Waals surface area contributed by atoms with Gasteiger partial charge >= 0.3 is 0 Å². The number of nitrogens with zero attached hydrogens (tertiary/aromatic N) is 1. The first-order chi connectivity index (χ1) is 7.74. The van der Waals surface area contributed by atoms with Gasteiger partial charge in [0.15, 0.2) is 5.60 Å². The van der Waals surface area contributed by atoms with Crippen LogP contribution in [0.15, 0.2) is 30.3 Å². The Hall–Kier alpha value is -1.35. The first-order valence-electron chi connectivity index (χ1n) is 5.83. The van der Waals surface area contributed by atoms with E-state index in [4.69, 9.17) is 0 Å². The van der Waals surface area contributed by atoms with Crippen molar-refractivity contribution in [3.8, 4) is 0 Å². The highest BCUT2D eigenvalue weighted by molar-refractivity contribution is 5.94. The largest absolute Gasteiger partial charge is 0.374 e. The van der Waals surface area contributed by atoms with Gasteiger partial charge in [-0.15, -0.1) is 0 Å². The Morgan fingerprint density at radius 1 is 1.25 bits per heavy atom. The first-order valence-corrected chi connectivity index (χ1v) is 5.83. The number of carbonyl (C=O) groups is 1. The van der Waals surface area contributed by atoms with E-state index in [9.17, 15) is 9.90 Å². The fourth-order valence-electron chi connectivity index (χ4n) is 2.91. The Morgan fingerprint density at radius 2 is 2.00 bits per heavy atom. The number of aliphatic hydroxyl groups is 1. The molecule has 0 aliphatic carbocycles. The average Bonchev–Trinajstić information content (AvgIpc) is 2.38. The second-order valence-electron chi connectivity index (χ2n) is 4.64. The summed E-state index contributed by atoms with van der Waals surface area (Å²) in [6, 6.07) is 9.30. The van der Waals surface area contributed by atoms with Gasteiger partial charge in [-0.2, -0.15) is 0 Å². The molecule has 1 aromatic rings. The molecular weight excluding hydrogens is 202 g/mol. The monoisotopic (exact) mass is 217 g/mol. The van der Waals surface area contributed by atoms with Gasteiger partial charge in [0.1, 0.15) is 0 Å². The highest BCUT2D eigenvalue weighted by atomic mass is 16.3. The summed E-state index contributed by atoms with van der Waals surface area (Å²) in [6.07, 6.45) is 3.08. The van der Waals surface area contributed by atoms with Crippen LogP contribution >= 0.6 is 0 Å². The van der Waals surface area contributed by atoms with E-state index in [1.54, 1.807) is 0 Å². The van der Waals surface area contributed by atoms with Crippen molar-refractivity contribution in [2.24, 2.45) is 0 Å². The molecule has 2 heterocycles. The predicted octanol–water partition coefficient (Wildman–Crippen LogP) is 1.27. The number of hydrogen-bond acceptors (Lipinski definition) is 2. The summed E-state index contributed by atoms with van der Waals surface area (Å²) >= 11 is 0. The fourth-order valence-corrected chi connectivity index (χ4v) is 2.91. The first kappa shape index (κ1) is 9.85. The van der Waals surface area contributed by atoms with E-state index >= 15 is 0 Å². The lowest BCUT2D eigenvalue weighted by Gasteiger charge is -2.55. The van der Waals surface area contributed by atoms with Crippen LogP contribution in [0.4, 0.5) is 0 Å². The minimum absolute atomic E-state index is 0.00356. The van der Waals surface area contributed by atoms with Crippen LogP contribution in [0, 0.1) is 0 Å². The molecule has 0 unspecified atom stereocenters. The molecule has 0 spiro atoms. The number of carbonyl (C=O) groups excluding carboxylic acids is 1. The van der Waals surface area contributed by atoms with Gasteiger partial charge in [0.2, 0.25) is 0 Å². The lowest BCUT2D eigenvalue weighted by molar-refractivity contribution is -0.199. The van der Waals surface area contributed by atoms with Gasteiger partial charge in [0, 0.05) is 6.54 Å². The van der Waals surface area contributed by atoms with E-state index < -0.39 is 5.60 Å². The average molecular weight is 217 g/mol. The number of β-lactam (4-membered cyclic amide) rings is 1. The Morgan fingerprint density at radius 3 is 2.75 bits per heavy atom. The number of hydrogen-bond donors (Lipinski definition) is 1. The molecule has 3 nitrogen and oxygen atoms in total. The van der Waals surface area contributed by atoms with Crippen molar-refractivity contribution in [2.75, 3.05) is 6.54 Å². The molecule has 2 atom stereocenters. The van der Waals surface area contributed by atoms with Gasteiger partial charge in [-0.1, -0.05) is 30.3 Å². The molecule has 2 aliphatic rings. The van der Waals surface area contributed by atoms with Crippen LogP contribution < -0.4 is 0 Å². The molecule has 0 saturated carbocycles. The van der Waals surface area contributed by atoms with Gasteiger partial charge in [-0.05, 0) is 24.8 Å². The molecule has 84 valence electrons.